The molecule has 0 aliphatic heterocycles. The summed E-state index contributed by atoms with van der Waals surface area (Å²) in [6, 6.07) is 0. The van der Waals surface area contributed by atoms with E-state index in [-0.39, 0.29) is 6.10 Å². The van der Waals surface area contributed by atoms with E-state index in [1.807, 2.05) is 18.7 Å². The maximum atomic E-state index is 9.30. The summed E-state index contributed by atoms with van der Waals surface area (Å²) in [6.45, 7) is 2.04. The quantitative estimate of drug-likeness (QED) is 0.706. The van der Waals surface area contributed by atoms with Crippen LogP contribution in [0.4, 0.5) is 0 Å². The SMILES string of the molecule is CCC(O)CSC1CCCC1. The highest BCUT2D eigenvalue weighted by molar-refractivity contribution is 7.99. The second-order valence-electron chi connectivity index (χ2n) is 3.30. The molecule has 1 saturated carbocycles. The van der Waals surface area contributed by atoms with Crippen molar-refractivity contribution in [1.82, 2.24) is 0 Å². The van der Waals surface area contributed by atoms with E-state index < -0.39 is 0 Å². The van der Waals surface area contributed by atoms with Crippen molar-refractivity contribution < 1.29 is 5.11 Å². The number of hydrogen-bond donors (Lipinski definition) is 1. The fraction of sp³-hybridized carbons (Fsp3) is 1.00. The zero-order valence-electron chi connectivity index (χ0n) is 7.25. The lowest BCUT2D eigenvalue weighted by molar-refractivity contribution is 0.195. The van der Waals surface area contributed by atoms with Crippen LogP contribution in [0.1, 0.15) is 39.0 Å². The Bertz CT molecular complexity index is 99.7. The van der Waals surface area contributed by atoms with Crippen molar-refractivity contribution in [3.63, 3.8) is 0 Å². The van der Waals surface area contributed by atoms with Gasteiger partial charge in [-0.2, -0.15) is 11.8 Å². The van der Waals surface area contributed by atoms with E-state index in [1.165, 1.54) is 25.7 Å². The van der Waals surface area contributed by atoms with Gasteiger partial charge in [0.1, 0.15) is 0 Å². The maximum Gasteiger partial charge on any atom is 0.0628 e. The van der Waals surface area contributed by atoms with E-state index >= 15 is 0 Å². The Balaban J connectivity index is 2.01. The molecule has 66 valence electrons. The lowest BCUT2D eigenvalue weighted by Gasteiger charge is -2.11. The molecule has 1 aliphatic carbocycles. The predicted molar refractivity (Wildman–Crippen MR) is 51.0 cm³/mol. The van der Waals surface area contributed by atoms with Crippen molar-refractivity contribution in [2.45, 2.75) is 50.4 Å². The molecule has 1 N–H and O–H groups in total. The summed E-state index contributed by atoms with van der Waals surface area (Å²) in [6.07, 6.45) is 6.39. The van der Waals surface area contributed by atoms with Crippen molar-refractivity contribution in [2.24, 2.45) is 0 Å². The largest absolute Gasteiger partial charge is 0.392 e. The second kappa shape index (κ2) is 5.04. The van der Waals surface area contributed by atoms with Gasteiger partial charge in [-0.3, -0.25) is 0 Å². The van der Waals surface area contributed by atoms with Crippen LogP contribution in [-0.2, 0) is 0 Å². The second-order valence-corrected chi connectivity index (χ2v) is 4.64. The summed E-state index contributed by atoms with van der Waals surface area (Å²) in [5.41, 5.74) is 0. The summed E-state index contributed by atoms with van der Waals surface area (Å²) in [4.78, 5) is 0. The van der Waals surface area contributed by atoms with Crippen molar-refractivity contribution in [3.8, 4) is 0 Å². The summed E-state index contributed by atoms with van der Waals surface area (Å²) in [5.74, 6) is 0.946. The van der Waals surface area contributed by atoms with Crippen LogP contribution < -0.4 is 0 Å². The van der Waals surface area contributed by atoms with Crippen LogP contribution in [0.3, 0.4) is 0 Å². The number of thioether (sulfide) groups is 1. The summed E-state index contributed by atoms with van der Waals surface area (Å²) in [7, 11) is 0. The van der Waals surface area contributed by atoms with Gasteiger partial charge in [0, 0.05) is 11.0 Å². The number of hydrogen-bond acceptors (Lipinski definition) is 2. The van der Waals surface area contributed by atoms with Gasteiger partial charge in [-0.15, -0.1) is 0 Å². The van der Waals surface area contributed by atoms with E-state index in [4.69, 9.17) is 0 Å². The van der Waals surface area contributed by atoms with Gasteiger partial charge >= 0.3 is 0 Å². The third-order valence-electron chi connectivity index (χ3n) is 2.30. The van der Waals surface area contributed by atoms with Crippen LogP contribution in [0.15, 0.2) is 0 Å². The fourth-order valence-electron chi connectivity index (χ4n) is 1.42. The Kier molecular flexibility index (Phi) is 4.31. The smallest absolute Gasteiger partial charge is 0.0628 e. The number of aliphatic hydroxyl groups is 1. The van der Waals surface area contributed by atoms with Crippen molar-refractivity contribution in [2.75, 3.05) is 5.75 Å². The number of aliphatic hydroxyl groups excluding tert-OH is 1. The zero-order valence-corrected chi connectivity index (χ0v) is 8.07. The van der Waals surface area contributed by atoms with E-state index in [2.05, 4.69) is 0 Å². The third kappa shape index (κ3) is 3.48. The molecule has 0 aromatic heterocycles. The molecule has 0 heterocycles. The van der Waals surface area contributed by atoms with E-state index in [9.17, 15) is 5.11 Å². The highest BCUT2D eigenvalue weighted by atomic mass is 32.2. The van der Waals surface area contributed by atoms with Gasteiger partial charge < -0.3 is 5.11 Å². The third-order valence-corrected chi connectivity index (χ3v) is 3.82. The summed E-state index contributed by atoms with van der Waals surface area (Å²) >= 11 is 1.97. The van der Waals surface area contributed by atoms with Crippen LogP contribution in [0.5, 0.6) is 0 Å². The molecule has 1 fully saturated rings. The monoisotopic (exact) mass is 174 g/mol. The summed E-state index contributed by atoms with van der Waals surface area (Å²) in [5, 5.41) is 10.2. The van der Waals surface area contributed by atoms with Gasteiger partial charge in [0.15, 0.2) is 0 Å². The van der Waals surface area contributed by atoms with Gasteiger partial charge in [0.05, 0.1) is 6.10 Å². The van der Waals surface area contributed by atoms with Crippen LogP contribution in [0.2, 0.25) is 0 Å². The first-order valence-corrected chi connectivity index (χ1v) is 5.67. The minimum atomic E-state index is -0.0689. The molecule has 1 rings (SSSR count). The van der Waals surface area contributed by atoms with Crippen LogP contribution in [0.25, 0.3) is 0 Å². The first kappa shape index (κ1) is 9.40. The average molecular weight is 174 g/mol. The molecular formula is C9H18OS. The van der Waals surface area contributed by atoms with Gasteiger partial charge in [-0.25, -0.2) is 0 Å². The van der Waals surface area contributed by atoms with Gasteiger partial charge in [0.2, 0.25) is 0 Å². The molecule has 1 aliphatic rings. The molecule has 0 aromatic rings. The standard InChI is InChI=1S/C9H18OS/c1-2-8(10)7-11-9-5-3-4-6-9/h8-10H,2-7H2,1H3. The highest BCUT2D eigenvalue weighted by Crippen LogP contribution is 2.29. The first-order valence-electron chi connectivity index (χ1n) is 4.62. The van der Waals surface area contributed by atoms with E-state index in [1.54, 1.807) is 0 Å². The Hall–Kier alpha value is 0.310. The van der Waals surface area contributed by atoms with Crippen LogP contribution >= 0.6 is 11.8 Å². The van der Waals surface area contributed by atoms with Gasteiger partial charge in [-0.1, -0.05) is 19.8 Å². The predicted octanol–water partition coefficient (Wildman–Crippen LogP) is 2.43. The molecule has 0 saturated heterocycles. The lowest BCUT2D eigenvalue weighted by Crippen LogP contribution is -2.10. The Morgan fingerprint density at radius 1 is 1.45 bits per heavy atom. The number of rotatable bonds is 4. The van der Waals surface area contributed by atoms with Crippen LogP contribution in [0, 0.1) is 0 Å². The fourth-order valence-corrected chi connectivity index (χ4v) is 2.82. The maximum absolute atomic E-state index is 9.30. The van der Waals surface area contributed by atoms with Crippen molar-refractivity contribution >= 4 is 11.8 Å². The molecule has 0 amide bonds. The normalized spacial score (nSPS) is 22.4. The van der Waals surface area contributed by atoms with E-state index in [0.29, 0.717) is 0 Å². The zero-order chi connectivity index (χ0) is 8.10. The molecule has 0 aromatic carbocycles. The topological polar surface area (TPSA) is 20.2 Å². The molecule has 0 bridgehead atoms. The average Bonchev–Trinajstić information content (AvgIpc) is 2.52. The minimum Gasteiger partial charge on any atom is -0.392 e. The Labute approximate surface area is 73.6 Å². The highest BCUT2D eigenvalue weighted by Gasteiger charge is 2.15. The first-order chi connectivity index (χ1) is 5.33. The lowest BCUT2D eigenvalue weighted by atomic mass is 10.3. The Morgan fingerprint density at radius 2 is 2.09 bits per heavy atom. The van der Waals surface area contributed by atoms with Gasteiger partial charge in [0.25, 0.3) is 0 Å². The molecule has 2 heteroatoms. The summed E-state index contributed by atoms with van der Waals surface area (Å²) < 4.78 is 0. The van der Waals surface area contributed by atoms with Crippen molar-refractivity contribution in [3.05, 3.63) is 0 Å². The van der Waals surface area contributed by atoms with Crippen LogP contribution in [-0.4, -0.2) is 22.2 Å². The molecule has 11 heavy (non-hydrogen) atoms. The van der Waals surface area contributed by atoms with Crippen molar-refractivity contribution in [1.29, 1.82) is 0 Å². The van der Waals surface area contributed by atoms with E-state index in [0.717, 1.165) is 17.4 Å². The minimum absolute atomic E-state index is 0.0689. The molecule has 0 spiro atoms. The molecule has 1 unspecified atom stereocenters. The molecule has 1 atom stereocenters. The molecule has 0 radical (unpaired) electrons. The molecule has 1 nitrogen and oxygen atoms in total. The van der Waals surface area contributed by atoms with Gasteiger partial charge in [-0.05, 0) is 19.3 Å². The Morgan fingerprint density at radius 3 is 2.64 bits per heavy atom. The molecular weight excluding hydrogens is 156 g/mol.